The molecule has 0 saturated carbocycles. The zero-order chi connectivity index (χ0) is 16.5. The van der Waals surface area contributed by atoms with Crippen LogP contribution in [0.1, 0.15) is 31.7 Å². The third-order valence-electron chi connectivity index (χ3n) is 3.75. The largest absolute Gasteiger partial charge is 0.419 e. The lowest BCUT2D eigenvalue weighted by molar-refractivity contribution is -0.140. The van der Waals surface area contributed by atoms with E-state index in [1.165, 1.54) is 4.31 Å². The molecule has 0 aromatic heterocycles. The van der Waals surface area contributed by atoms with E-state index in [2.05, 4.69) is 0 Å². The fraction of sp³-hybridized carbons (Fsp3) is 0.571. The summed E-state index contributed by atoms with van der Waals surface area (Å²) in [5, 5.41) is 0. The number of sulfonamides is 1. The van der Waals surface area contributed by atoms with Crippen molar-refractivity contribution >= 4 is 10.0 Å². The number of alkyl halides is 3. The predicted molar refractivity (Wildman–Crippen MR) is 73.2 cm³/mol. The van der Waals surface area contributed by atoms with Gasteiger partial charge in [0.2, 0.25) is 10.0 Å². The van der Waals surface area contributed by atoms with Crippen LogP contribution in [0, 0.1) is 11.7 Å². The van der Waals surface area contributed by atoms with E-state index >= 15 is 0 Å². The van der Waals surface area contributed by atoms with E-state index in [1.807, 2.05) is 6.92 Å². The van der Waals surface area contributed by atoms with Crippen LogP contribution >= 0.6 is 0 Å². The fourth-order valence-electron chi connectivity index (χ4n) is 2.56. The van der Waals surface area contributed by atoms with Crippen molar-refractivity contribution in [2.75, 3.05) is 13.1 Å². The molecule has 2 rings (SSSR count). The van der Waals surface area contributed by atoms with Crippen LogP contribution < -0.4 is 0 Å². The summed E-state index contributed by atoms with van der Waals surface area (Å²) in [6.07, 6.45) is -2.51. The molecule has 0 N–H and O–H groups in total. The van der Waals surface area contributed by atoms with Gasteiger partial charge in [0.1, 0.15) is 5.82 Å². The van der Waals surface area contributed by atoms with Gasteiger partial charge >= 0.3 is 6.18 Å². The van der Waals surface area contributed by atoms with Crippen LogP contribution in [0.2, 0.25) is 0 Å². The summed E-state index contributed by atoms with van der Waals surface area (Å²) in [5.74, 6) is -1.34. The lowest BCUT2D eigenvalue weighted by Crippen LogP contribution is -2.34. The minimum absolute atomic E-state index is 0.139. The number of benzene rings is 1. The Morgan fingerprint density at radius 2 is 1.91 bits per heavy atom. The van der Waals surface area contributed by atoms with Crippen molar-refractivity contribution in [2.24, 2.45) is 5.92 Å². The SMILES string of the molecule is CC1CCCCN(S(=O)(=O)c2ccc(F)c(C(F)(F)F)c2)C1. The van der Waals surface area contributed by atoms with Crippen LogP contribution in [0.4, 0.5) is 17.6 Å². The molecule has 3 nitrogen and oxygen atoms in total. The van der Waals surface area contributed by atoms with Gasteiger partial charge in [0, 0.05) is 13.1 Å². The highest BCUT2D eigenvalue weighted by atomic mass is 32.2. The van der Waals surface area contributed by atoms with Crippen LogP contribution in [-0.2, 0) is 16.2 Å². The molecule has 8 heteroatoms. The molecule has 1 aliphatic heterocycles. The molecule has 0 bridgehead atoms. The van der Waals surface area contributed by atoms with Gasteiger partial charge in [-0.15, -0.1) is 0 Å². The van der Waals surface area contributed by atoms with E-state index in [0.29, 0.717) is 18.6 Å². The molecule has 1 atom stereocenters. The summed E-state index contributed by atoms with van der Waals surface area (Å²) < 4.78 is 77.7. The number of hydrogen-bond acceptors (Lipinski definition) is 2. The van der Waals surface area contributed by atoms with Crippen molar-refractivity contribution in [1.29, 1.82) is 0 Å². The third-order valence-corrected chi connectivity index (χ3v) is 5.61. The molecular weight excluding hydrogens is 322 g/mol. The quantitative estimate of drug-likeness (QED) is 0.771. The monoisotopic (exact) mass is 339 g/mol. The van der Waals surface area contributed by atoms with Crippen molar-refractivity contribution in [2.45, 2.75) is 37.3 Å². The van der Waals surface area contributed by atoms with Gasteiger partial charge in [-0.2, -0.15) is 17.5 Å². The van der Waals surface area contributed by atoms with E-state index in [-0.39, 0.29) is 19.0 Å². The lowest BCUT2D eigenvalue weighted by atomic mass is 10.1. The molecule has 0 spiro atoms. The molecule has 124 valence electrons. The average Bonchev–Trinajstić information content (AvgIpc) is 2.62. The first-order valence-electron chi connectivity index (χ1n) is 6.99. The Morgan fingerprint density at radius 3 is 2.55 bits per heavy atom. The van der Waals surface area contributed by atoms with E-state index in [4.69, 9.17) is 0 Å². The summed E-state index contributed by atoms with van der Waals surface area (Å²) in [6, 6.07) is 1.81. The van der Waals surface area contributed by atoms with Crippen molar-refractivity contribution < 1.29 is 26.0 Å². The van der Waals surface area contributed by atoms with Crippen molar-refractivity contribution in [3.63, 3.8) is 0 Å². The second kappa shape index (κ2) is 6.16. The van der Waals surface area contributed by atoms with Gasteiger partial charge in [0.15, 0.2) is 0 Å². The fourth-order valence-corrected chi connectivity index (χ4v) is 4.19. The molecule has 1 aromatic rings. The molecule has 1 aromatic carbocycles. The van der Waals surface area contributed by atoms with E-state index < -0.39 is 32.5 Å². The summed E-state index contributed by atoms with van der Waals surface area (Å²) in [7, 11) is -4.05. The normalized spacial score (nSPS) is 21.6. The zero-order valence-corrected chi connectivity index (χ0v) is 12.8. The third kappa shape index (κ3) is 3.60. The Kier molecular flexibility index (Phi) is 4.81. The first-order chi connectivity index (χ1) is 10.1. The Hall–Kier alpha value is -1.15. The summed E-state index contributed by atoms with van der Waals surface area (Å²) in [6.45, 7) is 2.44. The number of nitrogens with zero attached hydrogens (tertiary/aromatic N) is 1. The molecule has 1 saturated heterocycles. The Morgan fingerprint density at radius 1 is 1.23 bits per heavy atom. The smallest absolute Gasteiger partial charge is 0.207 e. The molecule has 0 aliphatic carbocycles. The Bertz CT molecular complexity index is 643. The van der Waals surface area contributed by atoms with Gasteiger partial charge in [-0.1, -0.05) is 13.3 Å². The van der Waals surface area contributed by atoms with Crippen LogP contribution in [0.3, 0.4) is 0 Å². The van der Waals surface area contributed by atoms with Crippen LogP contribution in [0.25, 0.3) is 0 Å². The zero-order valence-electron chi connectivity index (χ0n) is 12.0. The van der Waals surface area contributed by atoms with Crippen molar-refractivity contribution in [1.82, 2.24) is 4.31 Å². The van der Waals surface area contributed by atoms with Gasteiger partial charge in [-0.3, -0.25) is 0 Å². The van der Waals surface area contributed by atoms with Crippen LogP contribution in [0.5, 0.6) is 0 Å². The number of halogens is 4. The maximum atomic E-state index is 13.3. The van der Waals surface area contributed by atoms with Gasteiger partial charge in [0.25, 0.3) is 0 Å². The van der Waals surface area contributed by atoms with Gasteiger partial charge in [0.05, 0.1) is 10.5 Å². The van der Waals surface area contributed by atoms with Crippen molar-refractivity contribution in [3.8, 4) is 0 Å². The highest BCUT2D eigenvalue weighted by Crippen LogP contribution is 2.33. The molecule has 0 radical (unpaired) electrons. The number of rotatable bonds is 2. The molecular formula is C14H17F4NO2S. The minimum atomic E-state index is -4.93. The van der Waals surface area contributed by atoms with Gasteiger partial charge in [-0.25, -0.2) is 12.8 Å². The summed E-state index contributed by atoms with van der Waals surface area (Å²) >= 11 is 0. The molecule has 0 amide bonds. The number of hydrogen-bond donors (Lipinski definition) is 0. The van der Waals surface area contributed by atoms with Crippen LogP contribution in [-0.4, -0.2) is 25.8 Å². The van der Waals surface area contributed by atoms with E-state index in [9.17, 15) is 26.0 Å². The summed E-state index contributed by atoms with van der Waals surface area (Å²) in [5.41, 5.74) is -1.56. The van der Waals surface area contributed by atoms with Crippen LogP contribution in [0.15, 0.2) is 23.1 Å². The van der Waals surface area contributed by atoms with E-state index in [0.717, 1.165) is 18.9 Å². The Balaban J connectivity index is 2.41. The lowest BCUT2D eigenvalue weighted by Gasteiger charge is -2.22. The first kappa shape index (κ1) is 17.2. The first-order valence-corrected chi connectivity index (χ1v) is 8.43. The maximum Gasteiger partial charge on any atom is 0.419 e. The highest BCUT2D eigenvalue weighted by Gasteiger charge is 2.36. The molecule has 1 fully saturated rings. The minimum Gasteiger partial charge on any atom is -0.207 e. The van der Waals surface area contributed by atoms with Gasteiger partial charge in [-0.05, 0) is 37.0 Å². The van der Waals surface area contributed by atoms with Crippen molar-refractivity contribution in [3.05, 3.63) is 29.6 Å². The van der Waals surface area contributed by atoms with Gasteiger partial charge < -0.3 is 0 Å². The molecule has 1 heterocycles. The topological polar surface area (TPSA) is 37.4 Å². The second-order valence-corrected chi connectivity index (χ2v) is 7.54. The average molecular weight is 339 g/mol. The predicted octanol–water partition coefficient (Wildman–Crippen LogP) is 3.66. The molecule has 22 heavy (non-hydrogen) atoms. The maximum absolute atomic E-state index is 13.3. The molecule has 1 aliphatic rings. The second-order valence-electron chi connectivity index (χ2n) is 5.60. The highest BCUT2D eigenvalue weighted by molar-refractivity contribution is 7.89. The Labute approximate surface area is 127 Å². The standard InChI is InChI=1S/C14H17F4NO2S/c1-10-4-2-3-7-19(9-10)22(20,21)11-5-6-13(15)12(8-11)14(16,17)18/h5-6,8,10H,2-4,7,9H2,1H3. The van der Waals surface area contributed by atoms with E-state index in [1.54, 1.807) is 0 Å². The molecule has 1 unspecified atom stereocenters. The summed E-state index contributed by atoms with van der Waals surface area (Å²) in [4.78, 5) is -0.518.